The molecule has 2 amide bonds. The first-order valence-electron chi connectivity index (χ1n) is 11.8. The summed E-state index contributed by atoms with van der Waals surface area (Å²) in [5, 5.41) is 20.8. The third-order valence-corrected chi connectivity index (χ3v) is 6.74. The first-order chi connectivity index (χ1) is 16.4. The van der Waals surface area contributed by atoms with E-state index in [-0.39, 0.29) is 19.1 Å². The van der Waals surface area contributed by atoms with Crippen LogP contribution in [-0.2, 0) is 21.7 Å². The fourth-order valence-corrected chi connectivity index (χ4v) is 4.81. The highest BCUT2D eigenvalue weighted by Gasteiger charge is 2.52. The van der Waals surface area contributed by atoms with Gasteiger partial charge in [-0.2, -0.15) is 0 Å². The Morgan fingerprint density at radius 1 is 1.18 bits per heavy atom. The Bertz CT molecular complexity index is 1100. The van der Waals surface area contributed by atoms with Crippen LogP contribution in [0, 0.1) is 5.92 Å². The van der Waals surface area contributed by atoms with E-state index in [1.807, 2.05) is 29.2 Å². The molecule has 2 aromatic rings. The van der Waals surface area contributed by atoms with Gasteiger partial charge in [-0.3, -0.25) is 9.59 Å². The molecule has 34 heavy (non-hydrogen) atoms. The van der Waals surface area contributed by atoms with Crippen LogP contribution in [0.25, 0.3) is 0 Å². The van der Waals surface area contributed by atoms with Crippen LogP contribution in [0.1, 0.15) is 43.7 Å². The van der Waals surface area contributed by atoms with E-state index in [1.54, 1.807) is 49.3 Å². The number of anilines is 2. The predicted molar refractivity (Wildman–Crippen MR) is 131 cm³/mol. The van der Waals surface area contributed by atoms with Crippen LogP contribution >= 0.6 is 0 Å². The van der Waals surface area contributed by atoms with E-state index in [4.69, 9.17) is 9.84 Å². The number of hydrogen-bond acceptors (Lipinski definition) is 5. The van der Waals surface area contributed by atoms with Gasteiger partial charge in [0.05, 0.1) is 19.3 Å². The summed E-state index contributed by atoms with van der Waals surface area (Å²) in [7, 11) is 1.55. The van der Waals surface area contributed by atoms with Gasteiger partial charge in [0.2, 0.25) is 5.91 Å². The number of carbonyl (C=O) groups is 2. The van der Waals surface area contributed by atoms with Crippen molar-refractivity contribution in [1.82, 2.24) is 0 Å². The maximum absolute atomic E-state index is 13.7. The number of amides is 2. The van der Waals surface area contributed by atoms with E-state index in [1.165, 1.54) is 0 Å². The van der Waals surface area contributed by atoms with Gasteiger partial charge < -0.3 is 24.7 Å². The third kappa shape index (κ3) is 4.33. The number of nitrogens with zero attached hydrogens (tertiary/aromatic N) is 2. The van der Waals surface area contributed by atoms with E-state index in [2.05, 4.69) is 0 Å². The summed E-state index contributed by atoms with van der Waals surface area (Å²) >= 11 is 0. The van der Waals surface area contributed by atoms with Crippen molar-refractivity contribution in [2.45, 2.75) is 44.8 Å². The Labute approximate surface area is 200 Å². The zero-order chi connectivity index (χ0) is 24.3. The molecule has 2 heterocycles. The Morgan fingerprint density at radius 2 is 2.00 bits per heavy atom. The van der Waals surface area contributed by atoms with Crippen molar-refractivity contribution in [3.05, 3.63) is 65.7 Å². The molecule has 7 nitrogen and oxygen atoms in total. The summed E-state index contributed by atoms with van der Waals surface area (Å²) in [6.45, 7) is 2.76. The van der Waals surface area contributed by atoms with Crippen LogP contribution in [0.3, 0.4) is 0 Å². The van der Waals surface area contributed by atoms with Gasteiger partial charge in [0.1, 0.15) is 5.75 Å². The average Bonchev–Trinajstić information content (AvgIpc) is 3.06. The molecule has 0 aromatic heterocycles. The molecule has 7 heteroatoms. The van der Waals surface area contributed by atoms with Gasteiger partial charge >= 0.3 is 0 Å². The largest absolute Gasteiger partial charge is 0.497 e. The summed E-state index contributed by atoms with van der Waals surface area (Å²) in [6, 6.07) is 13.0. The molecule has 2 aromatic carbocycles. The highest BCUT2D eigenvalue weighted by atomic mass is 16.5. The van der Waals surface area contributed by atoms with Gasteiger partial charge in [0, 0.05) is 36.7 Å². The van der Waals surface area contributed by atoms with Crippen LogP contribution in [0.5, 0.6) is 5.75 Å². The normalized spacial score (nSPS) is 21.3. The standard InChI is InChI=1S/C27H32N2O5/c1-19(8-4-6-15-30)27(33)23-17-22(34-2)12-13-24(23)29(26(27)32)18-20-9-7-10-21(16-20)28-14-5-3-11-25(28)31/h4,7-10,12-13,16-17,19,30,33H,3,5-6,11,14-15,18H2,1-2H3/b8-4+/t19-,27+/m1/s1. The van der Waals surface area contributed by atoms with Gasteiger partial charge in [-0.1, -0.05) is 31.2 Å². The minimum atomic E-state index is -1.75. The third-order valence-electron chi connectivity index (χ3n) is 6.74. The lowest BCUT2D eigenvalue weighted by Gasteiger charge is -2.28. The molecule has 0 bridgehead atoms. The maximum Gasteiger partial charge on any atom is 0.264 e. The molecule has 0 spiro atoms. The van der Waals surface area contributed by atoms with Crippen LogP contribution in [0.2, 0.25) is 0 Å². The van der Waals surface area contributed by atoms with Crippen molar-refractivity contribution in [1.29, 1.82) is 0 Å². The molecule has 180 valence electrons. The zero-order valence-electron chi connectivity index (χ0n) is 19.7. The Morgan fingerprint density at radius 3 is 2.74 bits per heavy atom. The number of ether oxygens (including phenoxy) is 1. The van der Waals surface area contributed by atoms with Crippen LogP contribution in [-0.4, -0.2) is 42.3 Å². The summed E-state index contributed by atoms with van der Waals surface area (Å²) < 4.78 is 5.36. The van der Waals surface area contributed by atoms with Crippen molar-refractivity contribution in [3.8, 4) is 5.75 Å². The second-order valence-corrected chi connectivity index (χ2v) is 8.94. The average molecular weight is 465 g/mol. The SMILES string of the molecule is COc1ccc2c(c1)[C@@](O)([C@H](C)/C=C/CCO)C(=O)N2Cc1cccc(N2CCCCC2=O)c1. The number of hydrogen-bond donors (Lipinski definition) is 2. The lowest BCUT2D eigenvalue weighted by atomic mass is 9.83. The summed E-state index contributed by atoms with van der Waals surface area (Å²) in [5.41, 5.74) is 1.09. The molecule has 2 N–H and O–H groups in total. The minimum absolute atomic E-state index is 0.00198. The van der Waals surface area contributed by atoms with Crippen LogP contribution < -0.4 is 14.5 Å². The Kier molecular flexibility index (Phi) is 7.05. The van der Waals surface area contributed by atoms with E-state index in [9.17, 15) is 14.7 Å². The smallest absolute Gasteiger partial charge is 0.264 e. The van der Waals surface area contributed by atoms with Crippen molar-refractivity contribution in [2.24, 2.45) is 5.92 Å². The summed E-state index contributed by atoms with van der Waals surface area (Å²) in [6.07, 6.45) is 6.44. The molecule has 2 aliphatic heterocycles. The topological polar surface area (TPSA) is 90.3 Å². The molecule has 2 aliphatic rings. The van der Waals surface area contributed by atoms with E-state index in [0.29, 0.717) is 36.4 Å². The lowest BCUT2D eigenvalue weighted by Crippen LogP contribution is -2.44. The highest BCUT2D eigenvalue weighted by Crippen LogP contribution is 2.47. The predicted octanol–water partition coefficient (Wildman–Crippen LogP) is 3.52. The second-order valence-electron chi connectivity index (χ2n) is 8.94. The molecule has 4 rings (SSSR count). The summed E-state index contributed by atoms with van der Waals surface area (Å²) in [4.78, 5) is 29.5. The molecular weight excluding hydrogens is 432 g/mol. The number of aliphatic hydroxyl groups is 2. The number of aliphatic hydroxyl groups excluding tert-OH is 1. The number of rotatable bonds is 8. The number of piperidine rings is 1. The molecule has 0 saturated carbocycles. The molecule has 0 radical (unpaired) electrons. The summed E-state index contributed by atoms with van der Waals surface area (Å²) in [5.74, 6) is -0.240. The molecule has 2 atom stereocenters. The van der Waals surface area contributed by atoms with Crippen molar-refractivity contribution < 1.29 is 24.5 Å². The van der Waals surface area contributed by atoms with Crippen molar-refractivity contribution in [3.63, 3.8) is 0 Å². The molecular formula is C27H32N2O5. The number of methoxy groups -OCH3 is 1. The first-order valence-corrected chi connectivity index (χ1v) is 11.8. The molecule has 1 fully saturated rings. The van der Waals surface area contributed by atoms with Crippen molar-refractivity contribution >= 4 is 23.2 Å². The second kappa shape index (κ2) is 9.99. The number of carbonyl (C=O) groups excluding carboxylic acids is 2. The molecule has 0 aliphatic carbocycles. The Hall–Kier alpha value is -3.16. The Balaban J connectivity index is 1.68. The van der Waals surface area contributed by atoms with Crippen LogP contribution in [0.4, 0.5) is 11.4 Å². The quantitative estimate of drug-likeness (QED) is 0.584. The van der Waals surface area contributed by atoms with Gasteiger partial charge in [0.15, 0.2) is 5.60 Å². The van der Waals surface area contributed by atoms with Gasteiger partial charge in [-0.25, -0.2) is 0 Å². The number of fused-ring (bicyclic) bond motifs is 1. The minimum Gasteiger partial charge on any atom is -0.497 e. The fraction of sp³-hybridized carbons (Fsp3) is 0.407. The fourth-order valence-electron chi connectivity index (χ4n) is 4.81. The highest BCUT2D eigenvalue weighted by molar-refractivity contribution is 6.07. The van der Waals surface area contributed by atoms with Gasteiger partial charge in [-0.15, -0.1) is 0 Å². The van der Waals surface area contributed by atoms with E-state index >= 15 is 0 Å². The van der Waals surface area contributed by atoms with E-state index < -0.39 is 17.4 Å². The first kappa shape index (κ1) is 24.0. The van der Waals surface area contributed by atoms with Gasteiger partial charge in [0.25, 0.3) is 5.91 Å². The number of benzene rings is 2. The molecule has 0 unspecified atom stereocenters. The van der Waals surface area contributed by atoms with Crippen LogP contribution in [0.15, 0.2) is 54.6 Å². The van der Waals surface area contributed by atoms with E-state index in [0.717, 1.165) is 24.1 Å². The van der Waals surface area contributed by atoms with Gasteiger partial charge in [-0.05, 0) is 55.2 Å². The maximum atomic E-state index is 13.7. The molecule has 1 saturated heterocycles. The van der Waals surface area contributed by atoms with Crippen molar-refractivity contribution in [2.75, 3.05) is 30.1 Å². The lowest BCUT2D eigenvalue weighted by molar-refractivity contribution is -0.139. The zero-order valence-corrected chi connectivity index (χ0v) is 19.7. The monoisotopic (exact) mass is 464 g/mol.